The van der Waals surface area contributed by atoms with Gasteiger partial charge in [-0.05, 0) is 61.4 Å². The van der Waals surface area contributed by atoms with E-state index in [-0.39, 0.29) is 34.5 Å². The lowest BCUT2D eigenvalue weighted by molar-refractivity contribution is -0.140. The van der Waals surface area contributed by atoms with E-state index >= 15 is 0 Å². The molecule has 0 heterocycles. The summed E-state index contributed by atoms with van der Waals surface area (Å²) >= 11 is 12.4. The maximum absolute atomic E-state index is 13.9. The van der Waals surface area contributed by atoms with Crippen LogP contribution in [0.3, 0.4) is 0 Å². The number of nitrogens with one attached hydrogen (secondary N) is 1. The fourth-order valence-corrected chi connectivity index (χ4v) is 5.93. The van der Waals surface area contributed by atoms with Gasteiger partial charge in [0.05, 0.1) is 15.6 Å². The molecule has 0 spiro atoms. The van der Waals surface area contributed by atoms with Gasteiger partial charge in [-0.15, -0.1) is 0 Å². The minimum Gasteiger partial charge on any atom is -0.355 e. The van der Waals surface area contributed by atoms with Gasteiger partial charge in [-0.1, -0.05) is 60.5 Å². The largest absolute Gasteiger partial charge is 0.355 e. The molecule has 11 heteroatoms. The normalized spacial score (nSPS) is 12.0. The zero-order valence-corrected chi connectivity index (χ0v) is 23.2. The minimum atomic E-state index is -4.25. The fraction of sp³-hybridized carbons (Fsp3) is 0.259. The third kappa shape index (κ3) is 7.03. The molecule has 1 N–H and O–H groups in total. The molecule has 0 unspecified atom stereocenters. The summed E-state index contributed by atoms with van der Waals surface area (Å²) in [6.07, 6.45) is 0.270. The van der Waals surface area contributed by atoms with Crippen molar-refractivity contribution in [3.63, 3.8) is 0 Å². The zero-order chi connectivity index (χ0) is 27.9. The van der Waals surface area contributed by atoms with Gasteiger partial charge in [0.25, 0.3) is 10.0 Å². The highest BCUT2D eigenvalue weighted by atomic mass is 35.5. The van der Waals surface area contributed by atoms with E-state index in [2.05, 4.69) is 5.32 Å². The van der Waals surface area contributed by atoms with E-state index in [1.54, 1.807) is 32.0 Å². The van der Waals surface area contributed by atoms with Crippen LogP contribution in [0.1, 0.15) is 25.8 Å². The van der Waals surface area contributed by atoms with Gasteiger partial charge in [0.15, 0.2) is 0 Å². The standard InChI is InChI=1S/C27H28Cl2FN3O4S/c1-3-24(27(35)31-4-2)32(17-19-10-13-21(30)14-11-19)26(34)18-33(25-15-12-20(28)16-23(25)29)38(36,37)22-8-6-5-7-9-22/h5-16,24H,3-4,17-18H2,1-2H3,(H,31,35)/t24-/m0/s1. The molecule has 0 fully saturated rings. The molecule has 202 valence electrons. The smallest absolute Gasteiger partial charge is 0.264 e. The van der Waals surface area contributed by atoms with E-state index in [9.17, 15) is 22.4 Å². The molecule has 3 rings (SSSR count). The fourth-order valence-electron chi connectivity index (χ4n) is 3.91. The molecule has 3 aromatic carbocycles. The summed E-state index contributed by atoms with van der Waals surface area (Å²) in [5.41, 5.74) is 0.630. The molecule has 0 radical (unpaired) electrons. The monoisotopic (exact) mass is 579 g/mol. The minimum absolute atomic E-state index is 0.0330. The van der Waals surface area contributed by atoms with E-state index < -0.39 is 34.3 Å². The topological polar surface area (TPSA) is 86.8 Å². The van der Waals surface area contributed by atoms with Crippen LogP contribution in [0.15, 0.2) is 77.7 Å². The summed E-state index contributed by atoms with van der Waals surface area (Å²) in [6, 6.07) is 16.5. The Kier molecular flexibility index (Phi) is 10.1. The quantitative estimate of drug-likeness (QED) is 0.335. The first-order valence-electron chi connectivity index (χ1n) is 11.9. The molecule has 0 aromatic heterocycles. The van der Waals surface area contributed by atoms with Crippen LogP contribution in [0.25, 0.3) is 0 Å². The SMILES string of the molecule is CCNC(=O)[C@H](CC)N(Cc1ccc(F)cc1)C(=O)CN(c1ccc(Cl)cc1Cl)S(=O)(=O)c1ccccc1. The van der Waals surface area contributed by atoms with Gasteiger partial charge in [-0.3, -0.25) is 13.9 Å². The molecular formula is C27H28Cl2FN3O4S. The first kappa shape index (κ1) is 29.4. The third-order valence-corrected chi connectivity index (χ3v) is 8.10. The second kappa shape index (κ2) is 13.1. The number of benzene rings is 3. The van der Waals surface area contributed by atoms with Crippen molar-refractivity contribution in [2.75, 3.05) is 17.4 Å². The average Bonchev–Trinajstić information content (AvgIpc) is 2.89. The number of amides is 2. The number of sulfonamides is 1. The molecule has 0 saturated carbocycles. The van der Waals surface area contributed by atoms with Crippen LogP contribution < -0.4 is 9.62 Å². The Hall–Kier alpha value is -3.14. The van der Waals surface area contributed by atoms with E-state index in [0.29, 0.717) is 17.1 Å². The van der Waals surface area contributed by atoms with Crippen LogP contribution in [0.4, 0.5) is 10.1 Å². The maximum Gasteiger partial charge on any atom is 0.264 e. The van der Waals surface area contributed by atoms with Crippen molar-refractivity contribution in [1.29, 1.82) is 0 Å². The Bertz CT molecular complexity index is 1370. The van der Waals surface area contributed by atoms with Crippen molar-refractivity contribution in [1.82, 2.24) is 10.2 Å². The van der Waals surface area contributed by atoms with Crippen molar-refractivity contribution in [3.05, 3.63) is 94.2 Å². The van der Waals surface area contributed by atoms with E-state index in [1.165, 1.54) is 59.5 Å². The molecule has 0 bridgehead atoms. The van der Waals surface area contributed by atoms with E-state index in [1.807, 2.05) is 0 Å². The van der Waals surface area contributed by atoms with Crippen LogP contribution in [0.5, 0.6) is 0 Å². The second-order valence-electron chi connectivity index (χ2n) is 8.39. The number of anilines is 1. The lowest BCUT2D eigenvalue weighted by Gasteiger charge is -2.33. The number of carbonyl (C=O) groups is 2. The molecule has 0 aliphatic heterocycles. The molecule has 1 atom stereocenters. The van der Waals surface area contributed by atoms with Crippen molar-refractivity contribution in [3.8, 4) is 0 Å². The number of carbonyl (C=O) groups excluding carboxylic acids is 2. The Labute approximate surface area is 232 Å². The van der Waals surface area contributed by atoms with Crippen LogP contribution in [-0.2, 0) is 26.2 Å². The first-order valence-corrected chi connectivity index (χ1v) is 14.1. The molecule has 38 heavy (non-hydrogen) atoms. The van der Waals surface area contributed by atoms with Crippen LogP contribution in [0, 0.1) is 5.82 Å². The average molecular weight is 581 g/mol. The van der Waals surface area contributed by atoms with Gasteiger partial charge in [0, 0.05) is 18.1 Å². The second-order valence-corrected chi connectivity index (χ2v) is 11.1. The van der Waals surface area contributed by atoms with E-state index in [4.69, 9.17) is 23.2 Å². The number of hydrogen-bond donors (Lipinski definition) is 1. The summed E-state index contributed by atoms with van der Waals surface area (Å²) in [6.45, 7) is 3.17. The highest BCUT2D eigenvalue weighted by Crippen LogP contribution is 2.33. The highest BCUT2D eigenvalue weighted by Gasteiger charge is 2.34. The first-order chi connectivity index (χ1) is 18.1. The van der Waals surface area contributed by atoms with Crippen LogP contribution >= 0.6 is 23.2 Å². The van der Waals surface area contributed by atoms with E-state index in [0.717, 1.165) is 4.31 Å². The van der Waals surface area contributed by atoms with Gasteiger partial charge < -0.3 is 10.2 Å². The molecule has 0 aliphatic rings. The maximum atomic E-state index is 13.9. The van der Waals surface area contributed by atoms with Gasteiger partial charge in [-0.25, -0.2) is 12.8 Å². The van der Waals surface area contributed by atoms with Crippen LogP contribution in [0.2, 0.25) is 10.0 Å². The molecule has 2 amide bonds. The Morgan fingerprint density at radius 2 is 1.63 bits per heavy atom. The number of nitrogens with zero attached hydrogens (tertiary/aromatic N) is 2. The third-order valence-electron chi connectivity index (χ3n) is 5.79. The lowest BCUT2D eigenvalue weighted by Crippen LogP contribution is -2.52. The molecule has 7 nitrogen and oxygen atoms in total. The summed E-state index contributed by atoms with van der Waals surface area (Å²) < 4.78 is 41.9. The lowest BCUT2D eigenvalue weighted by atomic mass is 10.1. The Morgan fingerprint density at radius 1 is 0.974 bits per heavy atom. The van der Waals surface area contributed by atoms with Crippen LogP contribution in [-0.4, -0.2) is 44.3 Å². The van der Waals surface area contributed by atoms with Crippen molar-refractivity contribution in [2.24, 2.45) is 0 Å². The van der Waals surface area contributed by atoms with Gasteiger partial charge in [0.2, 0.25) is 11.8 Å². The predicted octanol–water partition coefficient (Wildman–Crippen LogP) is 5.27. The zero-order valence-electron chi connectivity index (χ0n) is 20.9. The van der Waals surface area contributed by atoms with Crippen molar-refractivity contribution >= 4 is 50.7 Å². The molecule has 0 saturated heterocycles. The van der Waals surface area contributed by atoms with Gasteiger partial charge in [-0.2, -0.15) is 0 Å². The van der Waals surface area contributed by atoms with Crippen molar-refractivity contribution in [2.45, 2.75) is 37.8 Å². The summed E-state index contributed by atoms with van der Waals surface area (Å²) in [5, 5.41) is 3.05. The summed E-state index contributed by atoms with van der Waals surface area (Å²) in [5.74, 6) is -1.47. The molecule has 3 aromatic rings. The predicted molar refractivity (Wildman–Crippen MR) is 147 cm³/mol. The summed E-state index contributed by atoms with van der Waals surface area (Å²) in [7, 11) is -4.25. The number of hydrogen-bond acceptors (Lipinski definition) is 4. The summed E-state index contributed by atoms with van der Waals surface area (Å²) in [4.78, 5) is 28.0. The highest BCUT2D eigenvalue weighted by molar-refractivity contribution is 7.92. The number of likely N-dealkylation sites (N-methyl/N-ethyl adjacent to an activating group) is 1. The van der Waals surface area contributed by atoms with Gasteiger partial charge in [0.1, 0.15) is 18.4 Å². The van der Waals surface area contributed by atoms with Crippen molar-refractivity contribution < 1.29 is 22.4 Å². The number of halogens is 3. The molecule has 0 aliphatic carbocycles. The Morgan fingerprint density at radius 3 is 2.21 bits per heavy atom. The molecular weight excluding hydrogens is 552 g/mol. The van der Waals surface area contributed by atoms with Gasteiger partial charge >= 0.3 is 0 Å². The Balaban J connectivity index is 2.08. The number of rotatable bonds is 11.